The summed E-state index contributed by atoms with van der Waals surface area (Å²) in [7, 11) is -0.243. The first-order chi connectivity index (χ1) is 9.02. The lowest BCUT2D eigenvalue weighted by Gasteiger charge is -2.11. The van der Waals surface area contributed by atoms with Gasteiger partial charge < -0.3 is 0 Å². The second-order valence-electron chi connectivity index (χ2n) is 4.49. The third-order valence-corrected chi connectivity index (χ3v) is 4.21. The lowest BCUT2D eigenvalue weighted by atomic mass is 10.1. The predicted molar refractivity (Wildman–Crippen MR) is 79.1 cm³/mol. The number of nitrogens with zero attached hydrogens (tertiary/aromatic N) is 1. The second kappa shape index (κ2) is 8.09. The summed E-state index contributed by atoms with van der Waals surface area (Å²) in [5.74, 6) is 0. The van der Waals surface area contributed by atoms with Gasteiger partial charge in [-0.25, -0.2) is 4.72 Å². The summed E-state index contributed by atoms with van der Waals surface area (Å²) in [5.41, 5.74) is 1.28. The lowest BCUT2D eigenvalue weighted by Crippen LogP contribution is -2.36. The van der Waals surface area contributed by atoms with Crippen LogP contribution in [-0.4, -0.2) is 33.4 Å². The van der Waals surface area contributed by atoms with Crippen LogP contribution < -0.4 is 4.72 Å². The number of unbranched alkanes of at least 4 members (excludes halogenated alkanes) is 1. The van der Waals surface area contributed by atoms with E-state index in [1.165, 1.54) is 24.0 Å². The Balaban J connectivity index is 2.15. The standard InChI is InChI=1S/C14H22N2O2S/c1-16(2)19(17,18)15-13-9-4-3-6-10-14-11-7-5-8-12-14/h3,5-8,11-12,15H,4,9-10,13H2,1-2H3/b6-3+. The fourth-order valence-electron chi connectivity index (χ4n) is 1.50. The van der Waals surface area contributed by atoms with Crippen LogP contribution >= 0.6 is 0 Å². The molecule has 0 fully saturated rings. The molecule has 0 aliphatic heterocycles. The first-order valence-corrected chi connectivity index (χ1v) is 7.82. The number of rotatable bonds is 8. The molecule has 0 bridgehead atoms. The van der Waals surface area contributed by atoms with Crippen molar-refractivity contribution in [2.24, 2.45) is 0 Å². The molecule has 1 N–H and O–H groups in total. The minimum atomic E-state index is -3.27. The van der Waals surface area contributed by atoms with E-state index in [-0.39, 0.29) is 0 Å². The minimum absolute atomic E-state index is 0.468. The molecule has 0 aliphatic rings. The maximum atomic E-state index is 11.4. The molecule has 1 aromatic carbocycles. The molecule has 0 spiro atoms. The molecule has 0 aromatic heterocycles. The highest BCUT2D eigenvalue weighted by atomic mass is 32.2. The second-order valence-corrected chi connectivity index (χ2v) is 6.45. The average Bonchev–Trinajstić information content (AvgIpc) is 2.38. The molecule has 1 rings (SSSR count). The smallest absolute Gasteiger partial charge is 0.202 e. The van der Waals surface area contributed by atoms with E-state index >= 15 is 0 Å². The summed E-state index contributed by atoms with van der Waals surface area (Å²) in [6.07, 6.45) is 6.82. The molecule has 0 heterocycles. The van der Waals surface area contributed by atoms with Gasteiger partial charge in [0.1, 0.15) is 0 Å². The highest BCUT2D eigenvalue weighted by Gasteiger charge is 2.10. The van der Waals surface area contributed by atoms with E-state index in [2.05, 4.69) is 29.0 Å². The van der Waals surface area contributed by atoms with Gasteiger partial charge in [0.2, 0.25) is 0 Å². The van der Waals surface area contributed by atoms with E-state index in [9.17, 15) is 8.42 Å². The zero-order valence-electron chi connectivity index (χ0n) is 11.5. The molecule has 0 saturated heterocycles. The third-order valence-electron chi connectivity index (χ3n) is 2.68. The molecule has 1 aromatic rings. The van der Waals surface area contributed by atoms with Gasteiger partial charge in [-0.2, -0.15) is 12.7 Å². The molecule has 19 heavy (non-hydrogen) atoms. The van der Waals surface area contributed by atoms with Gasteiger partial charge in [-0.3, -0.25) is 0 Å². The Kier molecular flexibility index (Phi) is 6.77. The molecule has 0 amide bonds. The van der Waals surface area contributed by atoms with Crippen LogP contribution in [0.1, 0.15) is 18.4 Å². The van der Waals surface area contributed by atoms with Crippen molar-refractivity contribution in [1.29, 1.82) is 0 Å². The summed E-state index contributed by atoms with van der Waals surface area (Å²) in [4.78, 5) is 0. The fourth-order valence-corrected chi connectivity index (χ4v) is 2.16. The Morgan fingerprint density at radius 2 is 1.84 bits per heavy atom. The van der Waals surface area contributed by atoms with Crippen molar-refractivity contribution in [3.05, 3.63) is 48.0 Å². The largest absolute Gasteiger partial charge is 0.278 e. The highest BCUT2D eigenvalue weighted by Crippen LogP contribution is 2.01. The van der Waals surface area contributed by atoms with Crippen molar-refractivity contribution in [1.82, 2.24) is 9.03 Å². The van der Waals surface area contributed by atoms with Crippen molar-refractivity contribution in [3.63, 3.8) is 0 Å². The molecule has 0 unspecified atom stereocenters. The maximum Gasteiger partial charge on any atom is 0.278 e. The quantitative estimate of drug-likeness (QED) is 0.585. The minimum Gasteiger partial charge on any atom is -0.202 e. The number of hydrogen-bond acceptors (Lipinski definition) is 2. The number of allylic oxidation sites excluding steroid dienone is 2. The number of nitrogens with one attached hydrogen (secondary N) is 1. The van der Waals surface area contributed by atoms with E-state index in [1.807, 2.05) is 18.2 Å². The van der Waals surface area contributed by atoms with E-state index in [0.29, 0.717) is 6.54 Å². The monoisotopic (exact) mass is 282 g/mol. The van der Waals surface area contributed by atoms with Gasteiger partial charge in [0.25, 0.3) is 10.2 Å². The molecule has 5 heteroatoms. The van der Waals surface area contributed by atoms with Crippen LogP contribution in [0.2, 0.25) is 0 Å². The van der Waals surface area contributed by atoms with E-state index in [0.717, 1.165) is 19.3 Å². The van der Waals surface area contributed by atoms with Crippen LogP contribution in [0.4, 0.5) is 0 Å². The predicted octanol–water partition coefficient (Wildman–Crippen LogP) is 1.96. The Bertz CT molecular complexity index is 481. The Hall–Kier alpha value is -1.17. The normalized spacial score (nSPS) is 12.4. The Morgan fingerprint density at radius 3 is 2.47 bits per heavy atom. The zero-order valence-corrected chi connectivity index (χ0v) is 12.4. The number of hydrogen-bond donors (Lipinski definition) is 1. The van der Waals surface area contributed by atoms with Gasteiger partial charge in [0.05, 0.1) is 0 Å². The third kappa shape index (κ3) is 6.52. The van der Waals surface area contributed by atoms with Crippen molar-refractivity contribution < 1.29 is 8.42 Å². The molecular formula is C14H22N2O2S. The summed E-state index contributed by atoms with van der Waals surface area (Å²) in [6, 6.07) is 10.2. The first-order valence-electron chi connectivity index (χ1n) is 6.38. The lowest BCUT2D eigenvalue weighted by molar-refractivity contribution is 0.504. The van der Waals surface area contributed by atoms with Crippen LogP contribution in [0.25, 0.3) is 0 Å². The zero-order chi connectivity index (χ0) is 14.1. The SMILES string of the molecule is CN(C)S(=O)(=O)NCCC/C=C/Cc1ccccc1. The molecule has 4 nitrogen and oxygen atoms in total. The Morgan fingerprint density at radius 1 is 1.16 bits per heavy atom. The summed E-state index contributed by atoms with van der Waals surface area (Å²) >= 11 is 0. The van der Waals surface area contributed by atoms with E-state index < -0.39 is 10.2 Å². The number of benzene rings is 1. The van der Waals surface area contributed by atoms with Gasteiger partial charge in [0, 0.05) is 20.6 Å². The molecule has 0 aliphatic carbocycles. The molecule has 0 saturated carbocycles. The average molecular weight is 282 g/mol. The van der Waals surface area contributed by atoms with Crippen LogP contribution in [0.15, 0.2) is 42.5 Å². The topological polar surface area (TPSA) is 49.4 Å². The van der Waals surface area contributed by atoms with Gasteiger partial charge in [-0.15, -0.1) is 0 Å². The van der Waals surface area contributed by atoms with Gasteiger partial charge in [0.15, 0.2) is 0 Å². The van der Waals surface area contributed by atoms with Crippen LogP contribution in [0.3, 0.4) is 0 Å². The van der Waals surface area contributed by atoms with Crippen molar-refractivity contribution in [3.8, 4) is 0 Å². The van der Waals surface area contributed by atoms with Crippen LogP contribution in [0.5, 0.6) is 0 Å². The van der Waals surface area contributed by atoms with Gasteiger partial charge in [-0.1, -0.05) is 42.5 Å². The van der Waals surface area contributed by atoms with Crippen LogP contribution in [-0.2, 0) is 16.6 Å². The van der Waals surface area contributed by atoms with Gasteiger partial charge in [-0.05, 0) is 24.8 Å². The van der Waals surface area contributed by atoms with Crippen molar-refractivity contribution in [2.45, 2.75) is 19.3 Å². The van der Waals surface area contributed by atoms with Crippen LogP contribution in [0, 0.1) is 0 Å². The molecule has 0 atom stereocenters. The van der Waals surface area contributed by atoms with Crippen molar-refractivity contribution >= 4 is 10.2 Å². The van der Waals surface area contributed by atoms with Gasteiger partial charge >= 0.3 is 0 Å². The molecular weight excluding hydrogens is 260 g/mol. The fraction of sp³-hybridized carbons (Fsp3) is 0.429. The molecule has 106 valence electrons. The van der Waals surface area contributed by atoms with E-state index in [1.54, 1.807) is 0 Å². The maximum absolute atomic E-state index is 11.4. The first kappa shape index (κ1) is 15.9. The summed E-state index contributed by atoms with van der Waals surface area (Å²) in [6.45, 7) is 0.468. The molecule has 0 radical (unpaired) electrons. The summed E-state index contributed by atoms with van der Waals surface area (Å²) in [5, 5.41) is 0. The highest BCUT2D eigenvalue weighted by molar-refractivity contribution is 7.87. The summed E-state index contributed by atoms with van der Waals surface area (Å²) < 4.78 is 26.5. The van der Waals surface area contributed by atoms with Crippen molar-refractivity contribution in [2.75, 3.05) is 20.6 Å². The Labute approximate surface area is 116 Å². The van der Waals surface area contributed by atoms with E-state index in [4.69, 9.17) is 0 Å².